The van der Waals surface area contributed by atoms with Crippen LogP contribution in [0.15, 0.2) is 11.3 Å². The van der Waals surface area contributed by atoms with Crippen LogP contribution in [-0.4, -0.2) is 17.7 Å². The molecule has 1 rings (SSSR count). The SMILES string of the molecule is CCCCCCC1=C(O)CC(=O)OC1. The van der Waals surface area contributed by atoms with Gasteiger partial charge < -0.3 is 9.84 Å². The van der Waals surface area contributed by atoms with Gasteiger partial charge in [0.05, 0.1) is 0 Å². The summed E-state index contributed by atoms with van der Waals surface area (Å²) >= 11 is 0. The number of rotatable bonds is 5. The fraction of sp³-hybridized carbons (Fsp3) is 0.727. The van der Waals surface area contributed by atoms with Crippen molar-refractivity contribution in [1.29, 1.82) is 0 Å². The minimum absolute atomic E-state index is 0.0586. The van der Waals surface area contributed by atoms with Gasteiger partial charge in [0.2, 0.25) is 0 Å². The minimum atomic E-state index is -0.320. The highest BCUT2D eigenvalue weighted by Crippen LogP contribution is 2.19. The molecule has 0 aromatic carbocycles. The van der Waals surface area contributed by atoms with Gasteiger partial charge in [0.15, 0.2) is 0 Å². The molecule has 0 amide bonds. The molecule has 0 spiro atoms. The Balaban J connectivity index is 2.29. The quantitative estimate of drug-likeness (QED) is 0.545. The van der Waals surface area contributed by atoms with E-state index in [1.54, 1.807) is 0 Å². The van der Waals surface area contributed by atoms with Crippen molar-refractivity contribution in [1.82, 2.24) is 0 Å². The van der Waals surface area contributed by atoms with Crippen molar-refractivity contribution in [2.45, 2.75) is 45.4 Å². The molecule has 0 unspecified atom stereocenters. The van der Waals surface area contributed by atoms with E-state index in [0.717, 1.165) is 18.4 Å². The van der Waals surface area contributed by atoms with Gasteiger partial charge in [-0.25, -0.2) is 0 Å². The molecule has 3 nitrogen and oxygen atoms in total. The number of cyclic esters (lactones) is 1. The summed E-state index contributed by atoms with van der Waals surface area (Å²) < 4.78 is 4.86. The molecule has 0 aliphatic carbocycles. The van der Waals surface area contributed by atoms with Crippen LogP contribution in [0.3, 0.4) is 0 Å². The third-order valence-corrected chi connectivity index (χ3v) is 2.46. The van der Waals surface area contributed by atoms with Crippen LogP contribution in [0.25, 0.3) is 0 Å². The zero-order chi connectivity index (χ0) is 10.4. The molecule has 14 heavy (non-hydrogen) atoms. The van der Waals surface area contributed by atoms with Crippen LogP contribution in [0, 0.1) is 0 Å². The Bertz CT molecular complexity index is 231. The van der Waals surface area contributed by atoms with Crippen molar-refractivity contribution in [2.75, 3.05) is 6.61 Å². The van der Waals surface area contributed by atoms with E-state index in [1.165, 1.54) is 19.3 Å². The van der Waals surface area contributed by atoms with E-state index in [2.05, 4.69) is 6.92 Å². The van der Waals surface area contributed by atoms with Crippen molar-refractivity contribution < 1.29 is 14.6 Å². The molecule has 1 aliphatic rings. The first-order valence-corrected chi connectivity index (χ1v) is 5.29. The van der Waals surface area contributed by atoms with Crippen LogP contribution in [0.2, 0.25) is 0 Å². The summed E-state index contributed by atoms with van der Waals surface area (Å²) in [6.07, 6.45) is 5.61. The molecule has 0 aromatic rings. The highest BCUT2D eigenvalue weighted by atomic mass is 16.5. The predicted octanol–water partition coefficient (Wildman–Crippen LogP) is 2.72. The number of carbonyl (C=O) groups is 1. The van der Waals surface area contributed by atoms with Crippen molar-refractivity contribution >= 4 is 5.97 Å². The van der Waals surface area contributed by atoms with E-state index < -0.39 is 0 Å². The van der Waals surface area contributed by atoms with Gasteiger partial charge in [0.25, 0.3) is 0 Å². The molecule has 0 fully saturated rings. The molecule has 0 bridgehead atoms. The lowest BCUT2D eigenvalue weighted by atomic mass is 10.0. The van der Waals surface area contributed by atoms with E-state index in [-0.39, 0.29) is 24.8 Å². The molecular weight excluding hydrogens is 180 g/mol. The van der Waals surface area contributed by atoms with Crippen LogP contribution in [0.5, 0.6) is 0 Å². The monoisotopic (exact) mass is 198 g/mol. The summed E-state index contributed by atoms with van der Waals surface area (Å²) in [6, 6.07) is 0. The first kappa shape index (κ1) is 11.1. The Kier molecular flexibility index (Phi) is 4.50. The highest BCUT2D eigenvalue weighted by molar-refractivity contribution is 5.73. The smallest absolute Gasteiger partial charge is 0.313 e. The van der Waals surface area contributed by atoms with Crippen LogP contribution >= 0.6 is 0 Å². The van der Waals surface area contributed by atoms with Crippen LogP contribution in [0.4, 0.5) is 0 Å². The molecule has 1 heterocycles. The summed E-state index contributed by atoms with van der Waals surface area (Å²) in [5.41, 5.74) is 0.903. The second-order valence-corrected chi connectivity index (χ2v) is 3.70. The molecule has 0 aromatic heterocycles. The lowest BCUT2D eigenvalue weighted by Crippen LogP contribution is -2.16. The number of carbonyl (C=O) groups excluding carboxylic acids is 1. The zero-order valence-electron chi connectivity index (χ0n) is 8.71. The fourth-order valence-corrected chi connectivity index (χ4v) is 1.55. The van der Waals surface area contributed by atoms with E-state index in [1.807, 2.05) is 0 Å². The Morgan fingerprint density at radius 3 is 2.79 bits per heavy atom. The average Bonchev–Trinajstić information content (AvgIpc) is 2.15. The largest absolute Gasteiger partial charge is 0.512 e. The number of unbranched alkanes of at least 4 members (excludes halogenated alkanes) is 3. The molecule has 3 heteroatoms. The van der Waals surface area contributed by atoms with E-state index >= 15 is 0 Å². The molecule has 0 atom stereocenters. The van der Waals surface area contributed by atoms with Gasteiger partial charge >= 0.3 is 5.97 Å². The maximum absolute atomic E-state index is 10.8. The van der Waals surface area contributed by atoms with Gasteiger partial charge in [-0.1, -0.05) is 26.2 Å². The maximum Gasteiger partial charge on any atom is 0.313 e. The third kappa shape index (κ3) is 3.40. The first-order chi connectivity index (χ1) is 6.74. The number of aliphatic hydroxyl groups is 1. The second-order valence-electron chi connectivity index (χ2n) is 3.70. The van der Waals surface area contributed by atoms with Gasteiger partial charge in [-0.05, 0) is 12.8 Å². The van der Waals surface area contributed by atoms with E-state index in [4.69, 9.17) is 4.74 Å². The topological polar surface area (TPSA) is 46.5 Å². The second kappa shape index (κ2) is 5.68. The molecule has 1 aliphatic heterocycles. The lowest BCUT2D eigenvalue weighted by molar-refractivity contribution is -0.143. The van der Waals surface area contributed by atoms with Crippen LogP contribution < -0.4 is 0 Å². The van der Waals surface area contributed by atoms with Crippen LogP contribution in [-0.2, 0) is 9.53 Å². The molecule has 0 saturated heterocycles. The lowest BCUT2D eigenvalue weighted by Gasteiger charge is -2.16. The number of hydrogen-bond donors (Lipinski definition) is 1. The van der Waals surface area contributed by atoms with E-state index in [0.29, 0.717) is 0 Å². The number of hydrogen-bond acceptors (Lipinski definition) is 3. The van der Waals surface area contributed by atoms with Gasteiger partial charge in [0, 0.05) is 5.57 Å². The van der Waals surface area contributed by atoms with Gasteiger partial charge in [-0.15, -0.1) is 0 Å². The summed E-state index contributed by atoms with van der Waals surface area (Å²) in [6.45, 7) is 2.45. The third-order valence-electron chi connectivity index (χ3n) is 2.46. The van der Waals surface area contributed by atoms with Crippen molar-refractivity contribution in [3.05, 3.63) is 11.3 Å². The van der Waals surface area contributed by atoms with Crippen molar-refractivity contribution in [2.24, 2.45) is 0 Å². The molecular formula is C11H18O3. The van der Waals surface area contributed by atoms with Crippen molar-refractivity contribution in [3.63, 3.8) is 0 Å². The molecule has 0 radical (unpaired) electrons. The van der Waals surface area contributed by atoms with Crippen molar-refractivity contribution in [3.8, 4) is 0 Å². The summed E-state index contributed by atoms with van der Waals surface area (Å²) in [7, 11) is 0. The Morgan fingerprint density at radius 2 is 2.14 bits per heavy atom. The van der Waals surface area contributed by atoms with E-state index in [9.17, 15) is 9.90 Å². The Hall–Kier alpha value is -0.990. The minimum Gasteiger partial charge on any atom is -0.512 e. The fourth-order valence-electron chi connectivity index (χ4n) is 1.55. The predicted molar refractivity (Wildman–Crippen MR) is 54.0 cm³/mol. The zero-order valence-corrected chi connectivity index (χ0v) is 8.71. The summed E-state index contributed by atoms with van der Waals surface area (Å²) in [5, 5.41) is 9.47. The molecule has 0 saturated carbocycles. The number of esters is 1. The standard InChI is InChI=1S/C11H18O3/c1-2-3-4-5-6-9-8-14-11(13)7-10(9)12/h12H,2-8H2,1H3. The highest BCUT2D eigenvalue weighted by Gasteiger charge is 2.18. The first-order valence-electron chi connectivity index (χ1n) is 5.29. The summed E-state index contributed by atoms with van der Waals surface area (Å²) in [4.78, 5) is 10.8. The van der Waals surface area contributed by atoms with Crippen LogP contribution in [0.1, 0.15) is 45.4 Å². The molecule has 80 valence electrons. The number of ether oxygens (including phenoxy) is 1. The Morgan fingerprint density at radius 1 is 1.36 bits per heavy atom. The number of aliphatic hydroxyl groups excluding tert-OH is 1. The van der Waals surface area contributed by atoms with Gasteiger partial charge in [-0.3, -0.25) is 4.79 Å². The molecule has 1 N–H and O–H groups in total. The maximum atomic E-state index is 10.8. The average molecular weight is 198 g/mol. The van der Waals surface area contributed by atoms with Gasteiger partial charge in [-0.2, -0.15) is 0 Å². The Labute approximate surface area is 84.8 Å². The summed E-state index contributed by atoms with van der Waals surface area (Å²) in [5.74, 6) is -0.0856. The van der Waals surface area contributed by atoms with Gasteiger partial charge in [0.1, 0.15) is 18.8 Å². The normalized spacial score (nSPS) is 17.1.